The van der Waals surface area contributed by atoms with E-state index < -0.39 is 0 Å². The van der Waals surface area contributed by atoms with Gasteiger partial charge >= 0.3 is 0 Å². The summed E-state index contributed by atoms with van der Waals surface area (Å²) >= 11 is 0. The molecule has 0 fully saturated rings. The summed E-state index contributed by atoms with van der Waals surface area (Å²) in [6.07, 6.45) is 1.99. The van der Waals surface area contributed by atoms with Gasteiger partial charge in [0.1, 0.15) is 17.3 Å². The van der Waals surface area contributed by atoms with Crippen molar-refractivity contribution >= 4 is 11.5 Å². The summed E-state index contributed by atoms with van der Waals surface area (Å²) in [6, 6.07) is 7.79. The van der Waals surface area contributed by atoms with Gasteiger partial charge in [-0.1, -0.05) is 6.92 Å². The first-order valence-corrected chi connectivity index (χ1v) is 10.1. The zero-order valence-corrected chi connectivity index (χ0v) is 18.3. The molecule has 156 valence electrons. The van der Waals surface area contributed by atoms with Crippen LogP contribution in [0.2, 0.25) is 0 Å². The molecule has 3 rings (SSSR count). The van der Waals surface area contributed by atoms with Gasteiger partial charge in [0.15, 0.2) is 5.65 Å². The Labute approximate surface area is 172 Å². The zero-order chi connectivity index (χ0) is 21.0. The van der Waals surface area contributed by atoms with Gasteiger partial charge in [-0.25, -0.2) is 4.98 Å². The summed E-state index contributed by atoms with van der Waals surface area (Å²) in [7, 11) is 7.65. The molecule has 29 heavy (non-hydrogen) atoms. The molecule has 0 unspecified atom stereocenters. The largest absolute Gasteiger partial charge is 0.497 e. The fourth-order valence-corrected chi connectivity index (χ4v) is 3.50. The number of nitrogens with zero attached hydrogens (tertiary/aromatic N) is 3. The molecule has 0 amide bonds. The van der Waals surface area contributed by atoms with Crippen molar-refractivity contribution in [2.75, 3.05) is 46.7 Å². The van der Waals surface area contributed by atoms with E-state index in [1.807, 2.05) is 28.8 Å². The van der Waals surface area contributed by atoms with Crippen LogP contribution in [-0.2, 0) is 6.42 Å². The van der Waals surface area contributed by atoms with Crippen LogP contribution in [0, 0.1) is 6.92 Å². The maximum atomic E-state index is 5.41. The van der Waals surface area contributed by atoms with Crippen molar-refractivity contribution in [2.45, 2.75) is 26.7 Å². The van der Waals surface area contributed by atoms with E-state index in [4.69, 9.17) is 19.6 Å². The van der Waals surface area contributed by atoms with Crippen LogP contribution in [0.1, 0.15) is 24.6 Å². The van der Waals surface area contributed by atoms with Crippen LogP contribution in [0.4, 0.5) is 5.82 Å². The molecule has 0 aliphatic carbocycles. The number of methoxy groups -OCH3 is 2. The lowest BCUT2D eigenvalue weighted by Crippen LogP contribution is -3.05. The lowest BCUT2D eigenvalue weighted by molar-refractivity contribution is -0.858. The predicted octanol–water partition coefficient (Wildman–Crippen LogP) is 2.23. The summed E-state index contributed by atoms with van der Waals surface area (Å²) < 4.78 is 12.8. The Morgan fingerprint density at radius 2 is 1.76 bits per heavy atom. The van der Waals surface area contributed by atoms with Crippen LogP contribution in [0.5, 0.6) is 11.5 Å². The summed E-state index contributed by atoms with van der Waals surface area (Å²) in [5, 5.41) is 8.48. The highest BCUT2D eigenvalue weighted by molar-refractivity contribution is 5.69. The molecule has 2 aromatic heterocycles. The van der Waals surface area contributed by atoms with Crippen molar-refractivity contribution in [3.63, 3.8) is 0 Å². The Balaban J connectivity index is 2.03. The van der Waals surface area contributed by atoms with Gasteiger partial charge in [-0.05, 0) is 25.5 Å². The van der Waals surface area contributed by atoms with Crippen molar-refractivity contribution in [3.05, 3.63) is 35.5 Å². The Morgan fingerprint density at radius 1 is 1.07 bits per heavy atom. The minimum atomic E-state index is 0.735. The SMILES string of the molecule is CCc1c(C)nc2cc(-c3cc(OC)cc(OC)c3)nn2c1NCCC[NH+](C)C. The third kappa shape index (κ3) is 4.62. The van der Waals surface area contributed by atoms with E-state index in [-0.39, 0.29) is 0 Å². The topological polar surface area (TPSA) is 65.1 Å². The van der Waals surface area contributed by atoms with Gasteiger partial charge in [0.2, 0.25) is 0 Å². The minimum Gasteiger partial charge on any atom is -0.497 e. The molecule has 2 N–H and O–H groups in total. The molecule has 0 saturated heterocycles. The zero-order valence-electron chi connectivity index (χ0n) is 18.3. The number of ether oxygens (including phenoxy) is 2. The maximum absolute atomic E-state index is 5.41. The second-order valence-electron chi connectivity index (χ2n) is 7.52. The number of hydrogen-bond donors (Lipinski definition) is 2. The van der Waals surface area contributed by atoms with E-state index in [0.717, 1.165) is 65.8 Å². The molecular weight excluding hydrogens is 366 g/mol. The lowest BCUT2D eigenvalue weighted by Gasteiger charge is -2.15. The van der Waals surface area contributed by atoms with E-state index >= 15 is 0 Å². The number of nitrogens with one attached hydrogen (secondary N) is 2. The van der Waals surface area contributed by atoms with E-state index in [1.54, 1.807) is 14.2 Å². The second-order valence-corrected chi connectivity index (χ2v) is 7.52. The first-order chi connectivity index (χ1) is 14.0. The average molecular weight is 399 g/mol. The summed E-state index contributed by atoms with van der Waals surface area (Å²) in [4.78, 5) is 6.24. The first-order valence-electron chi connectivity index (χ1n) is 10.1. The van der Waals surface area contributed by atoms with Crippen molar-refractivity contribution in [1.29, 1.82) is 0 Å². The van der Waals surface area contributed by atoms with Crippen LogP contribution in [0.25, 0.3) is 16.9 Å². The normalized spacial score (nSPS) is 11.3. The fourth-order valence-electron chi connectivity index (χ4n) is 3.50. The quantitative estimate of drug-likeness (QED) is 0.541. The number of benzene rings is 1. The van der Waals surface area contributed by atoms with Gasteiger partial charge in [-0.2, -0.15) is 9.61 Å². The molecule has 7 heteroatoms. The molecule has 0 spiro atoms. The van der Waals surface area contributed by atoms with Crippen molar-refractivity contribution in [1.82, 2.24) is 14.6 Å². The van der Waals surface area contributed by atoms with Crippen molar-refractivity contribution < 1.29 is 14.4 Å². The molecule has 0 atom stereocenters. The number of fused-ring (bicyclic) bond motifs is 1. The van der Waals surface area contributed by atoms with Gasteiger partial charge < -0.3 is 19.7 Å². The van der Waals surface area contributed by atoms with Gasteiger partial charge in [0, 0.05) is 41.9 Å². The second kappa shape index (κ2) is 9.13. The van der Waals surface area contributed by atoms with E-state index in [0.29, 0.717) is 0 Å². The minimum absolute atomic E-state index is 0.735. The molecule has 0 aliphatic heterocycles. The third-order valence-corrected chi connectivity index (χ3v) is 5.05. The Kier molecular flexibility index (Phi) is 6.59. The molecule has 0 radical (unpaired) electrons. The molecule has 0 aliphatic rings. The Hall–Kier alpha value is -2.80. The number of rotatable bonds is 9. The molecule has 7 nitrogen and oxygen atoms in total. The molecule has 3 aromatic rings. The van der Waals surface area contributed by atoms with E-state index in [9.17, 15) is 0 Å². The number of anilines is 1. The van der Waals surface area contributed by atoms with Crippen LogP contribution in [0.3, 0.4) is 0 Å². The molecule has 0 saturated carbocycles. The number of aryl methyl sites for hydroxylation is 1. The fraction of sp³-hybridized carbons (Fsp3) is 0.455. The van der Waals surface area contributed by atoms with Gasteiger partial charge in [-0.15, -0.1) is 0 Å². The highest BCUT2D eigenvalue weighted by Crippen LogP contribution is 2.31. The number of hydrogen-bond acceptors (Lipinski definition) is 5. The number of quaternary nitrogens is 1. The van der Waals surface area contributed by atoms with Crippen LogP contribution >= 0.6 is 0 Å². The Bertz CT molecular complexity index is 959. The van der Waals surface area contributed by atoms with Gasteiger partial charge in [0.05, 0.1) is 40.6 Å². The smallest absolute Gasteiger partial charge is 0.158 e. The third-order valence-electron chi connectivity index (χ3n) is 5.05. The highest BCUT2D eigenvalue weighted by Gasteiger charge is 2.16. The summed E-state index contributed by atoms with van der Waals surface area (Å²) in [5.41, 5.74) is 4.84. The summed E-state index contributed by atoms with van der Waals surface area (Å²) in [6.45, 7) is 6.24. The highest BCUT2D eigenvalue weighted by atomic mass is 16.5. The van der Waals surface area contributed by atoms with E-state index in [2.05, 4.69) is 33.3 Å². The predicted molar refractivity (Wildman–Crippen MR) is 116 cm³/mol. The van der Waals surface area contributed by atoms with Crippen LogP contribution in [0.15, 0.2) is 24.3 Å². The van der Waals surface area contributed by atoms with Gasteiger partial charge in [-0.3, -0.25) is 0 Å². The molecular formula is C22H32N5O2+. The summed E-state index contributed by atoms with van der Waals surface area (Å²) in [5.74, 6) is 2.50. The monoisotopic (exact) mass is 398 g/mol. The molecule has 0 bridgehead atoms. The van der Waals surface area contributed by atoms with Gasteiger partial charge in [0.25, 0.3) is 0 Å². The van der Waals surface area contributed by atoms with Crippen LogP contribution in [-0.4, -0.2) is 56.0 Å². The lowest BCUT2D eigenvalue weighted by atomic mass is 10.1. The standard InChI is InChI=1S/C22H31N5O2/c1-7-19-15(2)24-21-14-20(16-11-17(28-5)13-18(12-16)29-6)25-27(21)22(19)23-9-8-10-26(3)4/h11-14,23H,7-10H2,1-6H3/p+1. The van der Waals surface area contributed by atoms with E-state index in [1.165, 1.54) is 10.5 Å². The maximum Gasteiger partial charge on any atom is 0.158 e. The van der Waals surface area contributed by atoms with Crippen molar-refractivity contribution in [2.24, 2.45) is 0 Å². The average Bonchev–Trinajstić information content (AvgIpc) is 3.14. The van der Waals surface area contributed by atoms with Crippen LogP contribution < -0.4 is 19.7 Å². The molecule has 2 heterocycles. The number of aromatic nitrogens is 3. The first kappa shape index (κ1) is 20.9. The molecule has 1 aromatic carbocycles. The Morgan fingerprint density at radius 3 is 2.34 bits per heavy atom. The van der Waals surface area contributed by atoms with Crippen molar-refractivity contribution in [3.8, 4) is 22.8 Å².